The third kappa shape index (κ3) is 1.24. The quantitative estimate of drug-likeness (QED) is 0.572. The molecule has 14 heavy (non-hydrogen) atoms. The van der Waals surface area contributed by atoms with Crippen LogP contribution in [-0.4, -0.2) is 41.4 Å². The maximum absolute atomic E-state index is 10.9. The third-order valence-corrected chi connectivity index (χ3v) is 2.69. The first-order valence-electron chi connectivity index (χ1n) is 4.41. The molecule has 2 rings (SSSR count). The monoisotopic (exact) mass is 194 g/mol. The highest BCUT2D eigenvalue weighted by Gasteiger charge is 2.43. The minimum Gasteiger partial charge on any atom is -0.465 e. The van der Waals surface area contributed by atoms with Crippen LogP contribution in [0.2, 0.25) is 0 Å². The fourth-order valence-electron chi connectivity index (χ4n) is 2.11. The zero-order chi connectivity index (χ0) is 10.1. The maximum atomic E-state index is 10.9. The molecular weight excluding hydrogens is 184 g/mol. The van der Waals surface area contributed by atoms with Gasteiger partial charge in [-0.2, -0.15) is 5.26 Å². The van der Waals surface area contributed by atoms with Gasteiger partial charge in [0.25, 0.3) is 0 Å². The molecule has 5 nitrogen and oxygen atoms in total. The van der Waals surface area contributed by atoms with Gasteiger partial charge in [0.15, 0.2) is 0 Å². The number of carbonyl (C=O) groups is 1. The van der Waals surface area contributed by atoms with Crippen LogP contribution in [0.4, 0.5) is 4.79 Å². The standard InChI is InChI=1S/C9H10N2O3/c10-2-1-6-3-7-4-14-5-8(6)11(7)9(12)13/h1,7-8H,3-5H2,(H,12,13)/b6-1+. The molecule has 2 fully saturated rings. The lowest BCUT2D eigenvalue weighted by Crippen LogP contribution is -2.48. The highest BCUT2D eigenvalue weighted by molar-refractivity contribution is 5.68. The number of carboxylic acid groups (broad SMARTS) is 1. The molecular formula is C9H10N2O3. The Balaban J connectivity index is 2.28. The predicted octanol–water partition coefficient (Wildman–Crippen LogP) is 0.587. The van der Waals surface area contributed by atoms with E-state index in [1.807, 2.05) is 6.07 Å². The Labute approximate surface area is 81.2 Å². The number of nitrogens with zero attached hydrogens (tertiary/aromatic N) is 2. The van der Waals surface area contributed by atoms with Gasteiger partial charge in [-0.15, -0.1) is 0 Å². The van der Waals surface area contributed by atoms with Gasteiger partial charge in [0.2, 0.25) is 0 Å². The predicted molar refractivity (Wildman–Crippen MR) is 46.6 cm³/mol. The van der Waals surface area contributed by atoms with Crippen molar-refractivity contribution in [2.75, 3.05) is 13.2 Å². The van der Waals surface area contributed by atoms with Crippen LogP contribution in [0.1, 0.15) is 6.42 Å². The van der Waals surface area contributed by atoms with Gasteiger partial charge < -0.3 is 9.84 Å². The van der Waals surface area contributed by atoms with Crippen LogP contribution in [0.25, 0.3) is 0 Å². The fraction of sp³-hybridized carbons (Fsp3) is 0.556. The number of amides is 1. The lowest BCUT2D eigenvalue weighted by Gasteiger charge is -2.31. The van der Waals surface area contributed by atoms with Crippen molar-refractivity contribution in [2.45, 2.75) is 18.5 Å². The SMILES string of the molecule is N#C/C=C1\CC2COCC1N2C(=O)O. The molecule has 1 N–H and O–H groups in total. The number of nitriles is 1. The number of fused-ring (bicyclic) bond motifs is 2. The minimum atomic E-state index is -0.926. The van der Waals surface area contributed by atoms with Gasteiger partial charge >= 0.3 is 6.09 Å². The van der Waals surface area contributed by atoms with Crippen molar-refractivity contribution < 1.29 is 14.6 Å². The summed E-state index contributed by atoms with van der Waals surface area (Å²) >= 11 is 0. The molecule has 0 aromatic heterocycles. The van der Waals surface area contributed by atoms with E-state index < -0.39 is 6.09 Å². The summed E-state index contributed by atoms with van der Waals surface area (Å²) in [5, 5.41) is 17.5. The first kappa shape index (κ1) is 9.03. The van der Waals surface area contributed by atoms with E-state index in [1.54, 1.807) is 0 Å². The summed E-state index contributed by atoms with van der Waals surface area (Å²) in [4.78, 5) is 12.3. The van der Waals surface area contributed by atoms with Crippen LogP contribution in [0.3, 0.4) is 0 Å². The van der Waals surface area contributed by atoms with Gasteiger partial charge in [-0.05, 0) is 12.0 Å². The normalized spacial score (nSPS) is 33.1. The zero-order valence-corrected chi connectivity index (χ0v) is 7.51. The van der Waals surface area contributed by atoms with E-state index in [0.717, 1.165) is 5.57 Å². The van der Waals surface area contributed by atoms with E-state index in [9.17, 15) is 4.79 Å². The van der Waals surface area contributed by atoms with Crippen molar-refractivity contribution in [1.29, 1.82) is 5.26 Å². The molecule has 0 saturated carbocycles. The van der Waals surface area contributed by atoms with E-state index in [1.165, 1.54) is 11.0 Å². The highest BCUT2D eigenvalue weighted by Crippen LogP contribution is 2.33. The molecule has 2 heterocycles. The van der Waals surface area contributed by atoms with Gasteiger partial charge in [0, 0.05) is 6.08 Å². The molecule has 2 bridgehead atoms. The number of rotatable bonds is 0. The Hall–Kier alpha value is -1.54. The topological polar surface area (TPSA) is 73.6 Å². The zero-order valence-electron chi connectivity index (χ0n) is 7.51. The van der Waals surface area contributed by atoms with Gasteiger partial charge in [-0.1, -0.05) is 0 Å². The smallest absolute Gasteiger partial charge is 0.408 e. The summed E-state index contributed by atoms with van der Waals surface area (Å²) in [6.07, 6.45) is 1.14. The molecule has 0 radical (unpaired) electrons. The second-order valence-electron chi connectivity index (χ2n) is 3.45. The molecule has 2 unspecified atom stereocenters. The molecule has 0 spiro atoms. The van der Waals surface area contributed by atoms with Crippen molar-refractivity contribution in [3.8, 4) is 6.07 Å². The maximum Gasteiger partial charge on any atom is 0.408 e. The molecule has 2 saturated heterocycles. The number of hydrogen-bond acceptors (Lipinski definition) is 3. The van der Waals surface area contributed by atoms with Gasteiger partial charge in [0.05, 0.1) is 31.4 Å². The summed E-state index contributed by atoms with van der Waals surface area (Å²) in [6.45, 7) is 0.807. The van der Waals surface area contributed by atoms with Crippen LogP contribution in [-0.2, 0) is 4.74 Å². The highest BCUT2D eigenvalue weighted by atomic mass is 16.5. The summed E-state index contributed by atoms with van der Waals surface area (Å²) in [5.41, 5.74) is 0.873. The van der Waals surface area contributed by atoms with E-state index in [0.29, 0.717) is 19.6 Å². The molecule has 2 aliphatic heterocycles. The summed E-state index contributed by atoms with van der Waals surface area (Å²) < 4.78 is 5.26. The Morgan fingerprint density at radius 3 is 3.07 bits per heavy atom. The van der Waals surface area contributed by atoms with Gasteiger partial charge in [-0.3, -0.25) is 4.90 Å². The molecule has 2 aliphatic rings. The van der Waals surface area contributed by atoms with Gasteiger partial charge in [-0.25, -0.2) is 4.79 Å². The summed E-state index contributed by atoms with van der Waals surface area (Å²) in [5.74, 6) is 0. The molecule has 74 valence electrons. The van der Waals surface area contributed by atoms with Crippen molar-refractivity contribution in [1.82, 2.24) is 4.90 Å². The van der Waals surface area contributed by atoms with E-state index in [2.05, 4.69) is 0 Å². The van der Waals surface area contributed by atoms with Crippen molar-refractivity contribution in [3.05, 3.63) is 11.6 Å². The second kappa shape index (κ2) is 3.31. The molecule has 0 aliphatic carbocycles. The molecule has 1 amide bonds. The average molecular weight is 194 g/mol. The molecule has 0 aromatic rings. The van der Waals surface area contributed by atoms with Crippen molar-refractivity contribution >= 4 is 6.09 Å². The van der Waals surface area contributed by atoms with Crippen molar-refractivity contribution in [2.24, 2.45) is 0 Å². The Bertz CT molecular complexity index is 331. The van der Waals surface area contributed by atoms with Crippen LogP contribution in [0.15, 0.2) is 11.6 Å². The Morgan fingerprint density at radius 2 is 2.50 bits per heavy atom. The van der Waals surface area contributed by atoms with E-state index >= 15 is 0 Å². The second-order valence-corrected chi connectivity index (χ2v) is 3.45. The lowest BCUT2D eigenvalue weighted by atomic mass is 10.1. The first-order valence-corrected chi connectivity index (χ1v) is 4.41. The van der Waals surface area contributed by atoms with Crippen LogP contribution in [0.5, 0.6) is 0 Å². The van der Waals surface area contributed by atoms with E-state index in [4.69, 9.17) is 15.1 Å². The minimum absolute atomic E-state index is 0.106. The number of ether oxygens (including phenoxy) is 1. The first-order chi connectivity index (χ1) is 6.74. The number of morpholine rings is 1. The third-order valence-electron chi connectivity index (χ3n) is 2.69. The van der Waals surface area contributed by atoms with Crippen molar-refractivity contribution in [3.63, 3.8) is 0 Å². The molecule has 5 heteroatoms. The largest absolute Gasteiger partial charge is 0.465 e. The van der Waals surface area contributed by atoms with Crippen LogP contribution >= 0.6 is 0 Å². The van der Waals surface area contributed by atoms with Gasteiger partial charge in [0.1, 0.15) is 0 Å². The van der Waals surface area contributed by atoms with Crippen LogP contribution < -0.4 is 0 Å². The van der Waals surface area contributed by atoms with Crippen LogP contribution in [0, 0.1) is 11.3 Å². The average Bonchev–Trinajstić information content (AvgIpc) is 2.36. The fourth-order valence-corrected chi connectivity index (χ4v) is 2.11. The lowest BCUT2D eigenvalue weighted by molar-refractivity contribution is -0.00218. The summed E-state index contributed by atoms with van der Waals surface area (Å²) in [7, 11) is 0. The Morgan fingerprint density at radius 1 is 1.71 bits per heavy atom. The van der Waals surface area contributed by atoms with E-state index in [-0.39, 0.29) is 12.1 Å². The number of hydrogen-bond donors (Lipinski definition) is 1. The number of allylic oxidation sites excluding steroid dienone is 1. The summed E-state index contributed by atoms with van der Waals surface area (Å²) in [6, 6.07) is 1.59. The Kier molecular flexibility index (Phi) is 2.14. The molecule has 2 atom stereocenters. The molecule has 0 aromatic carbocycles.